The number of halogens is 1. The van der Waals surface area contributed by atoms with Crippen molar-refractivity contribution in [2.75, 3.05) is 0 Å². The molecule has 0 amide bonds. The minimum absolute atomic E-state index is 0.131. The van der Waals surface area contributed by atoms with Crippen molar-refractivity contribution in [1.82, 2.24) is 14.5 Å². The zero-order chi connectivity index (χ0) is 13.4. The standard InChI is InChI=1S/C14H14ClN3S/c1-9-7-19-8-11(9)6-18-13(10(2)15)17-12-4-3-5-16-14(12)18/h3-5,7-8,10H,6H2,1-2H3. The van der Waals surface area contributed by atoms with Gasteiger partial charge in [-0.1, -0.05) is 0 Å². The fraction of sp³-hybridized carbons (Fsp3) is 0.286. The predicted molar refractivity (Wildman–Crippen MR) is 80.0 cm³/mol. The van der Waals surface area contributed by atoms with Crippen molar-refractivity contribution in [3.05, 3.63) is 46.0 Å². The van der Waals surface area contributed by atoms with Gasteiger partial charge in [-0.25, -0.2) is 9.97 Å². The smallest absolute Gasteiger partial charge is 0.160 e. The Morgan fingerprint density at radius 2 is 2.26 bits per heavy atom. The molecule has 0 aromatic carbocycles. The molecule has 0 spiro atoms. The van der Waals surface area contributed by atoms with E-state index in [-0.39, 0.29) is 5.38 Å². The summed E-state index contributed by atoms with van der Waals surface area (Å²) in [5, 5.41) is 4.20. The summed E-state index contributed by atoms with van der Waals surface area (Å²) in [6.07, 6.45) is 1.80. The monoisotopic (exact) mass is 291 g/mol. The fourth-order valence-electron chi connectivity index (χ4n) is 2.15. The zero-order valence-corrected chi connectivity index (χ0v) is 12.4. The minimum atomic E-state index is -0.131. The Hall–Kier alpha value is -1.39. The molecular weight excluding hydrogens is 278 g/mol. The summed E-state index contributed by atoms with van der Waals surface area (Å²) in [6.45, 7) is 4.84. The molecule has 0 saturated heterocycles. The van der Waals surface area contributed by atoms with Crippen molar-refractivity contribution in [3.63, 3.8) is 0 Å². The van der Waals surface area contributed by atoms with Gasteiger partial charge in [0.25, 0.3) is 0 Å². The molecule has 0 fully saturated rings. The van der Waals surface area contributed by atoms with Crippen LogP contribution in [0.25, 0.3) is 11.2 Å². The van der Waals surface area contributed by atoms with Crippen LogP contribution in [0.3, 0.4) is 0 Å². The highest BCUT2D eigenvalue weighted by Crippen LogP contribution is 2.25. The second kappa shape index (κ2) is 4.94. The van der Waals surface area contributed by atoms with Crippen LogP contribution in [0.1, 0.15) is 29.3 Å². The second-order valence-electron chi connectivity index (χ2n) is 4.60. The number of aromatic nitrogens is 3. The molecule has 1 atom stereocenters. The lowest BCUT2D eigenvalue weighted by molar-refractivity contribution is 0.735. The largest absolute Gasteiger partial charge is 0.307 e. The number of hydrogen-bond donors (Lipinski definition) is 0. The number of nitrogens with zero attached hydrogens (tertiary/aromatic N) is 3. The topological polar surface area (TPSA) is 30.7 Å². The predicted octanol–water partition coefficient (Wildman–Crippen LogP) is 4.15. The number of alkyl halides is 1. The van der Waals surface area contributed by atoms with Gasteiger partial charge in [0.15, 0.2) is 5.65 Å². The lowest BCUT2D eigenvalue weighted by Crippen LogP contribution is -2.06. The Morgan fingerprint density at radius 3 is 2.95 bits per heavy atom. The Balaban J connectivity index is 2.15. The molecule has 5 heteroatoms. The van der Waals surface area contributed by atoms with E-state index in [1.807, 2.05) is 19.1 Å². The summed E-state index contributed by atoms with van der Waals surface area (Å²) in [7, 11) is 0. The minimum Gasteiger partial charge on any atom is -0.307 e. The number of thiophene rings is 1. The van der Waals surface area contributed by atoms with Crippen LogP contribution in [0.5, 0.6) is 0 Å². The Bertz CT molecular complexity index is 714. The maximum Gasteiger partial charge on any atom is 0.160 e. The number of pyridine rings is 1. The summed E-state index contributed by atoms with van der Waals surface area (Å²) < 4.78 is 2.11. The number of rotatable bonds is 3. The average Bonchev–Trinajstić information content (AvgIpc) is 2.95. The highest BCUT2D eigenvalue weighted by atomic mass is 35.5. The van der Waals surface area contributed by atoms with Crippen LogP contribution in [-0.2, 0) is 6.54 Å². The summed E-state index contributed by atoms with van der Waals surface area (Å²) >= 11 is 7.97. The van der Waals surface area contributed by atoms with Gasteiger partial charge in [-0.2, -0.15) is 11.3 Å². The maximum absolute atomic E-state index is 6.25. The van der Waals surface area contributed by atoms with Gasteiger partial charge in [-0.05, 0) is 47.9 Å². The normalized spacial score (nSPS) is 13.0. The third-order valence-corrected chi connectivity index (χ3v) is 4.28. The maximum atomic E-state index is 6.25. The molecule has 0 radical (unpaired) electrons. The quantitative estimate of drug-likeness (QED) is 0.679. The molecule has 98 valence electrons. The average molecular weight is 292 g/mol. The molecule has 0 aliphatic rings. The van der Waals surface area contributed by atoms with Crippen LogP contribution in [0.2, 0.25) is 0 Å². The third-order valence-electron chi connectivity index (χ3n) is 3.18. The van der Waals surface area contributed by atoms with Gasteiger partial charge in [0.05, 0.1) is 11.9 Å². The number of aryl methyl sites for hydroxylation is 1. The molecule has 0 aliphatic carbocycles. The van der Waals surface area contributed by atoms with Crippen LogP contribution in [-0.4, -0.2) is 14.5 Å². The van der Waals surface area contributed by atoms with Crippen molar-refractivity contribution in [1.29, 1.82) is 0 Å². The lowest BCUT2D eigenvalue weighted by atomic mass is 10.2. The first-order valence-electron chi connectivity index (χ1n) is 6.13. The van der Waals surface area contributed by atoms with Crippen molar-refractivity contribution in [2.45, 2.75) is 25.8 Å². The molecular formula is C14H14ClN3S. The molecule has 1 unspecified atom stereocenters. The molecule has 3 heterocycles. The van der Waals surface area contributed by atoms with E-state index in [9.17, 15) is 0 Å². The first-order valence-corrected chi connectivity index (χ1v) is 7.51. The van der Waals surface area contributed by atoms with E-state index in [2.05, 4.69) is 32.2 Å². The molecule has 3 aromatic heterocycles. The van der Waals surface area contributed by atoms with Crippen LogP contribution in [0.4, 0.5) is 0 Å². The van der Waals surface area contributed by atoms with Crippen molar-refractivity contribution < 1.29 is 0 Å². The van der Waals surface area contributed by atoms with Crippen LogP contribution < -0.4 is 0 Å². The Labute approximate surface area is 120 Å². The van der Waals surface area contributed by atoms with E-state index in [4.69, 9.17) is 11.6 Å². The molecule has 0 bridgehead atoms. The van der Waals surface area contributed by atoms with Crippen LogP contribution in [0.15, 0.2) is 29.1 Å². The molecule has 0 saturated carbocycles. The van der Waals surface area contributed by atoms with Gasteiger partial charge in [-0.3, -0.25) is 0 Å². The van der Waals surface area contributed by atoms with Gasteiger partial charge in [0.2, 0.25) is 0 Å². The highest BCUT2D eigenvalue weighted by Gasteiger charge is 2.16. The molecule has 0 N–H and O–H groups in total. The molecule has 3 nitrogen and oxygen atoms in total. The van der Waals surface area contributed by atoms with Crippen LogP contribution in [0, 0.1) is 6.92 Å². The van der Waals surface area contributed by atoms with E-state index in [0.717, 1.165) is 23.5 Å². The zero-order valence-electron chi connectivity index (χ0n) is 10.8. The van der Waals surface area contributed by atoms with Gasteiger partial charge in [0.1, 0.15) is 11.3 Å². The van der Waals surface area contributed by atoms with E-state index in [0.29, 0.717) is 0 Å². The summed E-state index contributed by atoms with van der Waals surface area (Å²) in [6, 6.07) is 3.88. The first kappa shape index (κ1) is 12.6. The molecule has 0 aliphatic heterocycles. The highest BCUT2D eigenvalue weighted by molar-refractivity contribution is 7.08. The van der Waals surface area contributed by atoms with E-state index >= 15 is 0 Å². The summed E-state index contributed by atoms with van der Waals surface area (Å²) in [5.74, 6) is 0.876. The SMILES string of the molecule is Cc1cscc1Cn1c(C(C)Cl)nc2cccnc21. The number of imidazole rings is 1. The third kappa shape index (κ3) is 2.26. The summed E-state index contributed by atoms with van der Waals surface area (Å²) in [4.78, 5) is 9.03. The van der Waals surface area contributed by atoms with Crippen molar-refractivity contribution in [3.8, 4) is 0 Å². The Kier molecular flexibility index (Phi) is 3.29. The molecule has 3 aromatic rings. The number of hydrogen-bond acceptors (Lipinski definition) is 3. The Morgan fingerprint density at radius 1 is 1.42 bits per heavy atom. The first-order chi connectivity index (χ1) is 9.16. The van der Waals surface area contributed by atoms with Gasteiger partial charge >= 0.3 is 0 Å². The van der Waals surface area contributed by atoms with Crippen LogP contribution >= 0.6 is 22.9 Å². The second-order valence-corrected chi connectivity index (χ2v) is 6.00. The van der Waals surface area contributed by atoms with E-state index in [1.165, 1.54) is 11.1 Å². The van der Waals surface area contributed by atoms with Gasteiger partial charge in [-0.15, -0.1) is 11.6 Å². The fourth-order valence-corrected chi connectivity index (χ4v) is 3.17. The lowest BCUT2D eigenvalue weighted by Gasteiger charge is -2.09. The van der Waals surface area contributed by atoms with Gasteiger partial charge < -0.3 is 4.57 Å². The number of fused-ring (bicyclic) bond motifs is 1. The van der Waals surface area contributed by atoms with Crippen molar-refractivity contribution >= 4 is 34.1 Å². The summed E-state index contributed by atoms with van der Waals surface area (Å²) in [5.41, 5.74) is 4.40. The van der Waals surface area contributed by atoms with E-state index < -0.39 is 0 Å². The van der Waals surface area contributed by atoms with Gasteiger partial charge in [0, 0.05) is 6.20 Å². The molecule has 3 rings (SSSR count). The van der Waals surface area contributed by atoms with E-state index in [1.54, 1.807) is 17.5 Å². The van der Waals surface area contributed by atoms with Crippen molar-refractivity contribution in [2.24, 2.45) is 0 Å². The molecule has 19 heavy (non-hydrogen) atoms.